The quantitative estimate of drug-likeness (QED) is 0.627. The lowest BCUT2D eigenvalue weighted by Gasteiger charge is -2.17. The molecule has 1 heterocycles. The van der Waals surface area contributed by atoms with Crippen LogP contribution in [-0.4, -0.2) is 18.6 Å². The number of aromatic nitrogens is 2. The van der Waals surface area contributed by atoms with E-state index in [0.717, 1.165) is 31.2 Å². The van der Waals surface area contributed by atoms with Gasteiger partial charge in [-0.2, -0.15) is 4.98 Å². The lowest BCUT2D eigenvalue weighted by atomic mass is 9.99. The Morgan fingerprint density at radius 1 is 1.10 bits per heavy atom. The molecule has 1 aromatic heterocycles. The minimum absolute atomic E-state index is 0. The van der Waals surface area contributed by atoms with Gasteiger partial charge in [0.25, 0.3) is 15.9 Å². The first-order valence-electron chi connectivity index (χ1n) is 9.19. The van der Waals surface area contributed by atoms with Gasteiger partial charge in [-0.15, -0.1) is 12.4 Å². The second kappa shape index (κ2) is 8.14. The lowest BCUT2D eigenvalue weighted by Crippen LogP contribution is -2.34. The molecule has 154 valence electrons. The second-order valence-electron chi connectivity index (χ2n) is 7.29. The molecule has 0 saturated heterocycles. The number of hydrogen-bond donors (Lipinski definition) is 2. The van der Waals surface area contributed by atoms with Gasteiger partial charge < -0.3 is 10.3 Å². The van der Waals surface area contributed by atoms with Crippen molar-refractivity contribution >= 4 is 28.1 Å². The molecule has 1 aliphatic rings. The largest absolute Gasteiger partial charge is 0.334 e. The van der Waals surface area contributed by atoms with Gasteiger partial charge in [-0.3, -0.25) is 4.72 Å². The molecule has 0 amide bonds. The van der Waals surface area contributed by atoms with E-state index in [0.29, 0.717) is 17.1 Å². The minimum Gasteiger partial charge on any atom is -0.334 e. The van der Waals surface area contributed by atoms with Gasteiger partial charge in [0.05, 0.1) is 10.4 Å². The van der Waals surface area contributed by atoms with Gasteiger partial charge in [0.15, 0.2) is 5.82 Å². The molecule has 29 heavy (non-hydrogen) atoms. The number of aryl methyl sites for hydroxylation is 1. The zero-order valence-corrected chi connectivity index (χ0v) is 17.6. The molecule has 0 unspecified atom stereocenters. The van der Waals surface area contributed by atoms with Crippen molar-refractivity contribution in [3.05, 3.63) is 59.9 Å². The smallest absolute Gasteiger partial charge is 0.261 e. The van der Waals surface area contributed by atoms with Gasteiger partial charge in [-0.1, -0.05) is 36.2 Å². The Bertz CT molecular complexity index is 1110. The van der Waals surface area contributed by atoms with Crippen LogP contribution in [0.1, 0.15) is 37.1 Å². The number of sulfonamides is 1. The first-order valence-corrected chi connectivity index (χ1v) is 10.7. The maximum atomic E-state index is 12.8. The molecular weight excluding hydrogens is 412 g/mol. The molecule has 0 bridgehead atoms. The Morgan fingerprint density at radius 2 is 1.83 bits per heavy atom. The Hall–Kier alpha value is -2.42. The van der Waals surface area contributed by atoms with E-state index in [2.05, 4.69) is 14.9 Å². The van der Waals surface area contributed by atoms with Crippen LogP contribution in [0.15, 0.2) is 57.9 Å². The monoisotopic (exact) mass is 434 g/mol. The zero-order chi connectivity index (χ0) is 19.8. The summed E-state index contributed by atoms with van der Waals surface area (Å²) in [7, 11) is -3.75. The molecule has 4 rings (SSSR count). The highest BCUT2D eigenvalue weighted by Crippen LogP contribution is 2.35. The fraction of sp³-hybridized carbons (Fsp3) is 0.300. The molecule has 1 aliphatic carbocycles. The van der Waals surface area contributed by atoms with E-state index in [4.69, 9.17) is 10.3 Å². The summed E-state index contributed by atoms with van der Waals surface area (Å²) in [5.41, 5.74) is 7.83. The third-order valence-electron chi connectivity index (χ3n) is 5.03. The number of nitrogens with zero attached hydrogens (tertiary/aromatic N) is 2. The first kappa shape index (κ1) is 21.3. The molecule has 1 fully saturated rings. The van der Waals surface area contributed by atoms with E-state index >= 15 is 0 Å². The molecule has 3 aromatic rings. The summed E-state index contributed by atoms with van der Waals surface area (Å²) < 4.78 is 33.5. The fourth-order valence-corrected chi connectivity index (χ4v) is 4.59. The van der Waals surface area contributed by atoms with Crippen molar-refractivity contribution in [2.24, 2.45) is 5.73 Å². The van der Waals surface area contributed by atoms with Crippen LogP contribution in [0.4, 0.5) is 5.69 Å². The molecule has 0 atom stereocenters. The van der Waals surface area contributed by atoms with Crippen molar-refractivity contribution in [2.75, 3.05) is 4.72 Å². The topological polar surface area (TPSA) is 111 Å². The molecule has 7 nitrogen and oxygen atoms in total. The van der Waals surface area contributed by atoms with Crippen molar-refractivity contribution < 1.29 is 12.9 Å². The van der Waals surface area contributed by atoms with Crippen LogP contribution >= 0.6 is 12.4 Å². The summed E-state index contributed by atoms with van der Waals surface area (Å²) in [6.45, 7) is 1.90. The van der Waals surface area contributed by atoms with Crippen LogP contribution in [-0.2, 0) is 15.6 Å². The Kier molecular flexibility index (Phi) is 5.97. The molecule has 0 spiro atoms. The minimum atomic E-state index is -3.75. The lowest BCUT2D eigenvalue weighted by molar-refractivity contribution is 0.372. The van der Waals surface area contributed by atoms with Crippen LogP contribution < -0.4 is 10.5 Å². The predicted octanol–water partition coefficient (Wildman–Crippen LogP) is 4.00. The number of nitrogens with two attached hydrogens (primary N) is 1. The van der Waals surface area contributed by atoms with Gasteiger partial charge in [0.1, 0.15) is 0 Å². The van der Waals surface area contributed by atoms with E-state index in [1.807, 2.05) is 13.0 Å². The number of benzene rings is 2. The van der Waals surface area contributed by atoms with Crippen LogP contribution in [0, 0.1) is 6.92 Å². The third kappa shape index (κ3) is 4.44. The second-order valence-corrected chi connectivity index (χ2v) is 8.97. The highest BCUT2D eigenvalue weighted by atomic mass is 35.5. The number of hydrogen-bond acceptors (Lipinski definition) is 6. The summed E-state index contributed by atoms with van der Waals surface area (Å²) in [4.78, 5) is 4.55. The number of rotatable bonds is 5. The molecule has 9 heteroatoms. The van der Waals surface area contributed by atoms with Crippen LogP contribution in [0.3, 0.4) is 0 Å². The van der Waals surface area contributed by atoms with Gasteiger partial charge >= 0.3 is 0 Å². The van der Waals surface area contributed by atoms with E-state index in [9.17, 15) is 8.42 Å². The van der Waals surface area contributed by atoms with Gasteiger partial charge in [-0.25, -0.2) is 8.42 Å². The predicted molar refractivity (Wildman–Crippen MR) is 113 cm³/mol. The summed E-state index contributed by atoms with van der Waals surface area (Å²) in [5, 5.41) is 4.04. The maximum absolute atomic E-state index is 12.8. The molecule has 1 saturated carbocycles. The van der Waals surface area contributed by atoms with Gasteiger partial charge in [-0.05, 0) is 55.7 Å². The normalized spacial score (nSPS) is 15.7. The SMILES string of the molecule is Cc1cccc(NS(=O)(=O)c2cccc(-c3nc(C4(N)CCCC4)no3)c2)c1.Cl. The zero-order valence-electron chi connectivity index (χ0n) is 16.0. The fourth-order valence-electron chi connectivity index (χ4n) is 3.49. The average molecular weight is 435 g/mol. The highest BCUT2D eigenvalue weighted by molar-refractivity contribution is 7.92. The van der Waals surface area contributed by atoms with E-state index in [1.165, 1.54) is 12.1 Å². The standard InChI is InChI=1S/C20H22N4O3S.ClH/c1-14-6-4-8-16(12-14)24-28(25,26)17-9-5-7-15(13-17)18-22-19(23-27-18)20(21)10-2-3-11-20;/h4-9,12-13,24H,2-3,10-11,21H2,1H3;1H. The number of halogens is 1. The van der Waals surface area contributed by atoms with Crippen molar-refractivity contribution in [3.63, 3.8) is 0 Å². The molecule has 0 radical (unpaired) electrons. The van der Waals surface area contributed by atoms with E-state index < -0.39 is 15.6 Å². The van der Waals surface area contributed by atoms with Gasteiger partial charge in [0, 0.05) is 11.3 Å². The van der Waals surface area contributed by atoms with Crippen LogP contribution in [0.2, 0.25) is 0 Å². The van der Waals surface area contributed by atoms with Crippen LogP contribution in [0.25, 0.3) is 11.5 Å². The molecule has 0 aliphatic heterocycles. The molecular formula is C20H23ClN4O3S. The summed E-state index contributed by atoms with van der Waals surface area (Å²) in [6.07, 6.45) is 3.72. The number of anilines is 1. The van der Waals surface area contributed by atoms with Gasteiger partial charge in [0.2, 0.25) is 0 Å². The maximum Gasteiger partial charge on any atom is 0.261 e. The summed E-state index contributed by atoms with van der Waals surface area (Å²) in [5.74, 6) is 0.741. The van der Waals surface area contributed by atoms with Crippen molar-refractivity contribution in [1.82, 2.24) is 10.1 Å². The number of nitrogens with one attached hydrogen (secondary N) is 1. The molecule has 3 N–H and O–H groups in total. The van der Waals surface area contributed by atoms with Crippen molar-refractivity contribution in [3.8, 4) is 11.5 Å². The third-order valence-corrected chi connectivity index (χ3v) is 6.41. The molecule has 2 aromatic carbocycles. The summed E-state index contributed by atoms with van der Waals surface area (Å²) >= 11 is 0. The van der Waals surface area contributed by atoms with Crippen molar-refractivity contribution in [1.29, 1.82) is 0 Å². The van der Waals surface area contributed by atoms with Crippen molar-refractivity contribution in [2.45, 2.75) is 43.0 Å². The van der Waals surface area contributed by atoms with E-state index in [-0.39, 0.29) is 23.2 Å². The average Bonchev–Trinajstić information content (AvgIpc) is 3.32. The highest BCUT2D eigenvalue weighted by Gasteiger charge is 2.36. The first-order chi connectivity index (χ1) is 13.4. The Labute approximate surface area is 176 Å². The van der Waals surface area contributed by atoms with Crippen LogP contribution in [0.5, 0.6) is 0 Å². The van der Waals surface area contributed by atoms with E-state index in [1.54, 1.807) is 30.3 Å². The summed E-state index contributed by atoms with van der Waals surface area (Å²) in [6, 6.07) is 13.6. The Balaban J connectivity index is 0.00000240. The Morgan fingerprint density at radius 3 is 2.55 bits per heavy atom.